The third-order valence-electron chi connectivity index (χ3n) is 4.96. The van der Waals surface area contributed by atoms with Crippen molar-refractivity contribution in [1.82, 2.24) is 4.57 Å². The molecule has 3 rings (SSSR count). The van der Waals surface area contributed by atoms with Crippen LogP contribution in [-0.4, -0.2) is 15.5 Å². The zero-order valence-electron chi connectivity index (χ0n) is 15.9. The quantitative estimate of drug-likeness (QED) is 0.705. The number of carbonyl (C=O) groups is 1. The molecule has 5 nitrogen and oxygen atoms in total. The summed E-state index contributed by atoms with van der Waals surface area (Å²) < 4.78 is 1.11. The Morgan fingerprint density at radius 1 is 1.07 bits per heavy atom. The van der Waals surface area contributed by atoms with Crippen molar-refractivity contribution in [2.75, 3.05) is 0 Å². The Bertz CT molecular complexity index is 1140. The molecule has 5 heteroatoms. The molecule has 0 saturated heterocycles. The van der Waals surface area contributed by atoms with E-state index in [1.54, 1.807) is 31.2 Å². The summed E-state index contributed by atoms with van der Waals surface area (Å²) in [6, 6.07) is 17.4. The van der Waals surface area contributed by atoms with Crippen LogP contribution >= 0.6 is 0 Å². The molecule has 0 amide bonds. The largest absolute Gasteiger partial charge is 0.494 e. The lowest BCUT2D eigenvalue weighted by atomic mass is 9.96. The van der Waals surface area contributed by atoms with E-state index in [0.717, 1.165) is 15.7 Å². The third-order valence-corrected chi connectivity index (χ3v) is 4.96. The Morgan fingerprint density at radius 3 is 2.25 bits per heavy atom. The Hall–Kier alpha value is -3.65. The van der Waals surface area contributed by atoms with E-state index in [2.05, 4.69) is 0 Å². The highest BCUT2D eigenvalue weighted by molar-refractivity contribution is 6.11. The summed E-state index contributed by atoms with van der Waals surface area (Å²) >= 11 is 0. The Morgan fingerprint density at radius 2 is 1.68 bits per heavy atom. The zero-order valence-corrected chi connectivity index (χ0v) is 15.9. The summed E-state index contributed by atoms with van der Waals surface area (Å²) in [6.07, 6.45) is 0. The molecule has 0 saturated carbocycles. The molecular formula is C23H20N2O3. The predicted octanol–water partition coefficient (Wildman–Crippen LogP) is 3.88. The maximum atomic E-state index is 13.1. The molecule has 0 bridgehead atoms. The van der Waals surface area contributed by atoms with Gasteiger partial charge in [-0.1, -0.05) is 60.2 Å². The topological polar surface area (TPSA) is 83.1 Å². The Balaban J connectivity index is 2.27. The van der Waals surface area contributed by atoms with Gasteiger partial charge in [-0.3, -0.25) is 14.2 Å². The molecule has 1 atom stereocenters. The average molecular weight is 372 g/mol. The van der Waals surface area contributed by atoms with Crippen molar-refractivity contribution in [1.29, 1.82) is 5.26 Å². The van der Waals surface area contributed by atoms with Crippen LogP contribution in [0.3, 0.4) is 0 Å². The molecule has 1 N–H and O–H groups in total. The minimum absolute atomic E-state index is 0.0252. The zero-order chi connectivity index (χ0) is 20.4. The number of benzene rings is 2. The smallest absolute Gasteiger partial charge is 0.272 e. The van der Waals surface area contributed by atoms with Gasteiger partial charge in [-0.25, -0.2) is 0 Å². The fourth-order valence-electron chi connectivity index (χ4n) is 3.28. The maximum absolute atomic E-state index is 13.1. The molecule has 0 spiro atoms. The highest BCUT2D eigenvalue weighted by Gasteiger charge is 2.27. The number of nitrogens with zero attached hydrogens (tertiary/aromatic N) is 2. The van der Waals surface area contributed by atoms with Crippen LogP contribution in [0.1, 0.15) is 51.1 Å². The van der Waals surface area contributed by atoms with Gasteiger partial charge in [0, 0.05) is 5.56 Å². The van der Waals surface area contributed by atoms with Gasteiger partial charge in [0.2, 0.25) is 5.88 Å². The normalized spacial score (nSPS) is 11.6. The first-order chi connectivity index (χ1) is 13.4. The van der Waals surface area contributed by atoms with E-state index in [1.165, 1.54) is 6.92 Å². The highest BCUT2D eigenvalue weighted by atomic mass is 16.3. The van der Waals surface area contributed by atoms with E-state index < -0.39 is 23.3 Å². The van der Waals surface area contributed by atoms with Crippen molar-refractivity contribution in [3.63, 3.8) is 0 Å². The standard InChI is InChI=1S/C23H20N2O3/c1-14-9-11-18(12-10-14)21(26)20-15(2)19(13-24)22(27)25(23(20)28)16(3)17-7-5-4-6-8-17/h4-12,16,28H,1-3H3. The van der Waals surface area contributed by atoms with Gasteiger partial charge in [0.1, 0.15) is 11.6 Å². The molecule has 1 aromatic heterocycles. The Kier molecular flexibility index (Phi) is 5.14. The van der Waals surface area contributed by atoms with Crippen LogP contribution in [0.25, 0.3) is 0 Å². The van der Waals surface area contributed by atoms with Crippen LogP contribution in [0.2, 0.25) is 0 Å². The van der Waals surface area contributed by atoms with Gasteiger partial charge >= 0.3 is 0 Å². The fourth-order valence-corrected chi connectivity index (χ4v) is 3.28. The summed E-state index contributed by atoms with van der Waals surface area (Å²) in [5, 5.41) is 20.4. The van der Waals surface area contributed by atoms with Gasteiger partial charge in [-0.15, -0.1) is 0 Å². The van der Waals surface area contributed by atoms with Gasteiger partial charge < -0.3 is 5.11 Å². The number of ketones is 1. The van der Waals surface area contributed by atoms with Gasteiger partial charge in [0.05, 0.1) is 11.6 Å². The van der Waals surface area contributed by atoms with Gasteiger partial charge in [-0.2, -0.15) is 5.26 Å². The molecule has 0 aliphatic rings. The number of aromatic hydroxyl groups is 1. The van der Waals surface area contributed by atoms with Crippen molar-refractivity contribution in [2.45, 2.75) is 26.8 Å². The predicted molar refractivity (Wildman–Crippen MR) is 107 cm³/mol. The van der Waals surface area contributed by atoms with Crippen molar-refractivity contribution in [3.8, 4) is 11.9 Å². The molecule has 0 aliphatic heterocycles. The van der Waals surface area contributed by atoms with Gasteiger partial charge in [-0.05, 0) is 31.9 Å². The average Bonchev–Trinajstić information content (AvgIpc) is 2.69. The second-order valence-corrected chi connectivity index (χ2v) is 6.77. The molecule has 0 aliphatic carbocycles. The summed E-state index contributed by atoms with van der Waals surface area (Å²) in [5.41, 5.74) is 1.56. The molecule has 28 heavy (non-hydrogen) atoms. The van der Waals surface area contributed by atoms with Gasteiger partial charge in [0.15, 0.2) is 5.78 Å². The molecule has 0 radical (unpaired) electrons. The van der Waals surface area contributed by atoms with Crippen LogP contribution in [0.5, 0.6) is 5.88 Å². The molecule has 2 aromatic carbocycles. The number of nitriles is 1. The molecule has 1 heterocycles. The van der Waals surface area contributed by atoms with Crippen molar-refractivity contribution in [3.05, 3.63) is 98.3 Å². The van der Waals surface area contributed by atoms with Crippen LogP contribution in [-0.2, 0) is 0 Å². The van der Waals surface area contributed by atoms with E-state index in [0.29, 0.717) is 5.56 Å². The summed E-state index contributed by atoms with van der Waals surface area (Å²) in [4.78, 5) is 26.0. The number of carbonyl (C=O) groups excluding carboxylic acids is 1. The number of rotatable bonds is 4. The third kappa shape index (κ3) is 3.21. The molecular weight excluding hydrogens is 352 g/mol. The van der Waals surface area contributed by atoms with Crippen molar-refractivity contribution in [2.24, 2.45) is 0 Å². The van der Waals surface area contributed by atoms with Crippen LogP contribution in [0.15, 0.2) is 59.4 Å². The summed E-state index contributed by atoms with van der Waals surface area (Å²) in [6.45, 7) is 5.16. The van der Waals surface area contributed by atoms with Crippen molar-refractivity contribution >= 4 is 5.78 Å². The van der Waals surface area contributed by atoms with Crippen LogP contribution in [0.4, 0.5) is 0 Å². The first-order valence-electron chi connectivity index (χ1n) is 8.91. The summed E-state index contributed by atoms with van der Waals surface area (Å²) in [5.74, 6) is -0.857. The van der Waals surface area contributed by atoms with Crippen LogP contribution < -0.4 is 5.56 Å². The van der Waals surface area contributed by atoms with E-state index in [1.807, 2.05) is 43.3 Å². The minimum Gasteiger partial charge on any atom is -0.494 e. The fraction of sp³-hybridized carbons (Fsp3) is 0.174. The number of aromatic nitrogens is 1. The molecule has 140 valence electrons. The number of aryl methyl sites for hydroxylation is 1. The van der Waals surface area contributed by atoms with Gasteiger partial charge in [0.25, 0.3) is 5.56 Å². The second kappa shape index (κ2) is 7.53. The Labute approximate surface area is 163 Å². The van der Waals surface area contributed by atoms with E-state index in [9.17, 15) is 20.0 Å². The monoisotopic (exact) mass is 372 g/mol. The first kappa shape index (κ1) is 19.1. The number of pyridine rings is 1. The second-order valence-electron chi connectivity index (χ2n) is 6.77. The lowest BCUT2D eigenvalue weighted by Gasteiger charge is -2.21. The first-order valence-corrected chi connectivity index (χ1v) is 8.91. The van der Waals surface area contributed by atoms with E-state index >= 15 is 0 Å². The van der Waals surface area contributed by atoms with E-state index in [4.69, 9.17) is 0 Å². The van der Waals surface area contributed by atoms with E-state index in [-0.39, 0.29) is 16.7 Å². The summed E-state index contributed by atoms with van der Waals surface area (Å²) in [7, 11) is 0. The maximum Gasteiger partial charge on any atom is 0.272 e. The SMILES string of the molecule is Cc1ccc(C(=O)c2c(C)c(C#N)c(=O)n(C(C)c3ccccc3)c2O)cc1. The highest BCUT2D eigenvalue weighted by Crippen LogP contribution is 2.29. The molecule has 1 unspecified atom stereocenters. The lowest BCUT2D eigenvalue weighted by Crippen LogP contribution is -2.29. The number of hydrogen-bond donors (Lipinski definition) is 1. The van der Waals surface area contributed by atoms with Crippen LogP contribution in [0, 0.1) is 25.2 Å². The lowest BCUT2D eigenvalue weighted by molar-refractivity contribution is 0.103. The molecule has 0 fully saturated rings. The molecule has 3 aromatic rings. The minimum atomic E-state index is -0.616. The number of hydrogen-bond acceptors (Lipinski definition) is 4. The van der Waals surface area contributed by atoms with Crippen molar-refractivity contribution < 1.29 is 9.90 Å².